The number of carbonyl (C=O) groups is 1. The van der Waals surface area contributed by atoms with Gasteiger partial charge < -0.3 is 21.3 Å². The van der Waals surface area contributed by atoms with Gasteiger partial charge in [-0.25, -0.2) is 14.8 Å². The Bertz CT molecular complexity index is 1360. The molecule has 0 radical (unpaired) electrons. The molecular formula is C29H38N8OS. The fraction of sp³-hybridized carbons (Fsp3) is 0.621. The number of anilines is 2. The van der Waals surface area contributed by atoms with Crippen LogP contribution >= 0.6 is 11.3 Å². The second kappa shape index (κ2) is 10.5. The summed E-state index contributed by atoms with van der Waals surface area (Å²) in [6.45, 7) is 2.98. The number of amides is 2. The van der Waals surface area contributed by atoms with Gasteiger partial charge in [-0.15, -0.1) is 11.3 Å². The van der Waals surface area contributed by atoms with Gasteiger partial charge in [0.1, 0.15) is 16.3 Å². The minimum absolute atomic E-state index is 0.0211. The first-order valence-corrected chi connectivity index (χ1v) is 15.6. The Hall–Kier alpha value is -3.01. The summed E-state index contributed by atoms with van der Waals surface area (Å²) in [5.41, 5.74) is 4.06. The van der Waals surface area contributed by atoms with Crippen molar-refractivity contribution in [3.05, 3.63) is 23.7 Å². The van der Waals surface area contributed by atoms with Crippen LogP contribution in [0.3, 0.4) is 0 Å². The number of aromatic nitrogens is 4. The predicted octanol–water partition coefficient (Wildman–Crippen LogP) is 5.73. The molecule has 4 aliphatic rings. The van der Waals surface area contributed by atoms with E-state index in [1.807, 2.05) is 6.20 Å². The molecule has 4 fully saturated rings. The standard InChI is InChI=1S/C29H38N8OS/c1-16-23(27-36-25-22(39-27)12-13-30-24(25)18-8-9-18)26(37-28(32-16)31-15-17-6-7-17)33-20-10-11-21(14-20)35-29(38)34-19-4-2-3-5-19/h12-13,17-21H,2-11,14-15H2,1H3,(H2,34,35,38)(H2,31,32,33,37)/t20-,21+/m0/s1. The molecule has 0 unspecified atom stereocenters. The molecule has 4 aliphatic carbocycles. The first-order chi connectivity index (χ1) is 19.1. The lowest BCUT2D eigenvalue weighted by molar-refractivity contribution is 0.233. The summed E-state index contributed by atoms with van der Waals surface area (Å²) < 4.78 is 1.17. The van der Waals surface area contributed by atoms with Gasteiger partial charge in [-0.1, -0.05) is 12.8 Å². The molecule has 0 aliphatic heterocycles. The van der Waals surface area contributed by atoms with E-state index >= 15 is 0 Å². The molecule has 9 nitrogen and oxygen atoms in total. The van der Waals surface area contributed by atoms with Crippen LogP contribution in [0.25, 0.3) is 20.8 Å². The normalized spacial score (nSPS) is 23.3. The number of pyridine rings is 1. The maximum atomic E-state index is 12.6. The van der Waals surface area contributed by atoms with Crippen molar-refractivity contribution in [1.82, 2.24) is 30.6 Å². The summed E-state index contributed by atoms with van der Waals surface area (Å²) in [6, 6.07) is 2.77. The SMILES string of the molecule is Cc1nc(NCC2CC2)nc(N[C@H]2CC[C@@H](NC(=O)NC3CCCC3)C2)c1-c1nc2c(C3CC3)nccc2s1. The van der Waals surface area contributed by atoms with E-state index in [1.165, 1.54) is 43.2 Å². The van der Waals surface area contributed by atoms with E-state index in [0.29, 0.717) is 17.9 Å². The number of hydrogen-bond acceptors (Lipinski definition) is 8. The monoisotopic (exact) mass is 546 g/mol. The van der Waals surface area contributed by atoms with E-state index < -0.39 is 0 Å². The van der Waals surface area contributed by atoms with Crippen molar-refractivity contribution < 1.29 is 4.79 Å². The van der Waals surface area contributed by atoms with Crippen LogP contribution < -0.4 is 21.3 Å². The molecule has 4 saturated carbocycles. The zero-order valence-corrected chi connectivity index (χ0v) is 23.4. The van der Waals surface area contributed by atoms with E-state index in [4.69, 9.17) is 15.0 Å². The molecule has 4 N–H and O–H groups in total. The summed E-state index contributed by atoms with van der Waals surface area (Å²) in [4.78, 5) is 32.2. The molecule has 3 aromatic rings. The van der Waals surface area contributed by atoms with Gasteiger partial charge in [-0.3, -0.25) is 4.98 Å². The third-order valence-corrected chi connectivity index (χ3v) is 9.69. The molecule has 10 heteroatoms. The van der Waals surface area contributed by atoms with Crippen LogP contribution in [-0.4, -0.2) is 50.6 Å². The van der Waals surface area contributed by atoms with Crippen molar-refractivity contribution in [3.8, 4) is 10.6 Å². The molecule has 7 rings (SSSR count). The predicted molar refractivity (Wildman–Crippen MR) is 155 cm³/mol. The van der Waals surface area contributed by atoms with Crippen LogP contribution in [0, 0.1) is 12.8 Å². The highest BCUT2D eigenvalue weighted by atomic mass is 32.1. The number of urea groups is 1. The molecule has 0 aromatic carbocycles. The number of fused-ring (bicyclic) bond motifs is 1. The Morgan fingerprint density at radius 2 is 1.74 bits per heavy atom. The molecule has 2 amide bonds. The van der Waals surface area contributed by atoms with Gasteiger partial charge >= 0.3 is 6.03 Å². The second-order valence-corrected chi connectivity index (χ2v) is 13.0. The van der Waals surface area contributed by atoms with Crippen LogP contribution in [0.4, 0.5) is 16.6 Å². The van der Waals surface area contributed by atoms with Crippen molar-refractivity contribution in [1.29, 1.82) is 0 Å². The van der Waals surface area contributed by atoms with Crippen LogP contribution in [-0.2, 0) is 0 Å². The van der Waals surface area contributed by atoms with Gasteiger partial charge in [0.15, 0.2) is 0 Å². The highest BCUT2D eigenvalue weighted by Crippen LogP contribution is 2.44. The average Bonchev–Trinajstić information content (AvgIpc) is 3.79. The van der Waals surface area contributed by atoms with Crippen molar-refractivity contribution in [2.24, 2.45) is 5.92 Å². The Morgan fingerprint density at radius 1 is 0.949 bits per heavy atom. The van der Waals surface area contributed by atoms with Gasteiger partial charge in [0, 0.05) is 36.8 Å². The van der Waals surface area contributed by atoms with Gasteiger partial charge in [-0.05, 0) is 76.7 Å². The number of thiazole rings is 1. The summed E-state index contributed by atoms with van der Waals surface area (Å²) >= 11 is 1.70. The van der Waals surface area contributed by atoms with Crippen molar-refractivity contribution >= 4 is 39.4 Å². The Labute approximate surface area is 233 Å². The Balaban J connectivity index is 1.12. The highest BCUT2D eigenvalue weighted by Gasteiger charge is 2.31. The summed E-state index contributed by atoms with van der Waals surface area (Å²) in [5.74, 6) is 2.79. The van der Waals surface area contributed by atoms with E-state index in [0.717, 1.165) is 77.9 Å². The fourth-order valence-electron chi connectivity index (χ4n) is 6.13. The lowest BCUT2D eigenvalue weighted by Gasteiger charge is -2.19. The molecule has 3 heterocycles. The van der Waals surface area contributed by atoms with Crippen molar-refractivity contribution in [2.75, 3.05) is 17.2 Å². The van der Waals surface area contributed by atoms with E-state index in [1.54, 1.807) is 11.3 Å². The van der Waals surface area contributed by atoms with Crippen LogP contribution in [0.5, 0.6) is 0 Å². The Morgan fingerprint density at radius 3 is 2.54 bits per heavy atom. The lowest BCUT2D eigenvalue weighted by Crippen LogP contribution is -2.45. The average molecular weight is 547 g/mol. The third-order valence-electron chi connectivity index (χ3n) is 8.65. The molecule has 0 saturated heterocycles. The van der Waals surface area contributed by atoms with Gasteiger partial charge in [-0.2, -0.15) is 4.98 Å². The number of rotatable bonds is 9. The van der Waals surface area contributed by atoms with E-state index in [9.17, 15) is 4.79 Å². The molecule has 3 aromatic heterocycles. The number of carbonyl (C=O) groups excluding carboxylic acids is 1. The summed E-state index contributed by atoms with van der Waals surface area (Å²) in [5, 5.41) is 14.5. The topological polar surface area (TPSA) is 117 Å². The minimum atomic E-state index is -0.0211. The largest absolute Gasteiger partial charge is 0.366 e. The zero-order valence-electron chi connectivity index (χ0n) is 22.6. The van der Waals surface area contributed by atoms with Gasteiger partial charge in [0.05, 0.1) is 21.7 Å². The first-order valence-electron chi connectivity index (χ1n) is 14.8. The van der Waals surface area contributed by atoms with Crippen LogP contribution in [0.15, 0.2) is 12.3 Å². The number of nitrogens with one attached hydrogen (secondary N) is 4. The minimum Gasteiger partial charge on any atom is -0.366 e. The zero-order chi connectivity index (χ0) is 26.3. The summed E-state index contributed by atoms with van der Waals surface area (Å²) in [6.07, 6.45) is 14.3. The molecule has 0 spiro atoms. The smallest absolute Gasteiger partial charge is 0.315 e. The Kier molecular flexibility index (Phi) is 6.74. The molecule has 2 atom stereocenters. The van der Waals surface area contributed by atoms with Crippen molar-refractivity contribution in [2.45, 2.75) is 102 Å². The highest BCUT2D eigenvalue weighted by molar-refractivity contribution is 7.21. The number of aryl methyl sites for hydroxylation is 1. The summed E-state index contributed by atoms with van der Waals surface area (Å²) in [7, 11) is 0. The van der Waals surface area contributed by atoms with Gasteiger partial charge in [0.2, 0.25) is 5.95 Å². The number of hydrogen-bond donors (Lipinski definition) is 4. The molecular weight excluding hydrogens is 508 g/mol. The number of nitrogens with zero attached hydrogens (tertiary/aromatic N) is 4. The van der Waals surface area contributed by atoms with Crippen LogP contribution in [0.2, 0.25) is 0 Å². The van der Waals surface area contributed by atoms with Gasteiger partial charge in [0.25, 0.3) is 0 Å². The third kappa shape index (κ3) is 5.66. The molecule has 39 heavy (non-hydrogen) atoms. The maximum Gasteiger partial charge on any atom is 0.315 e. The van der Waals surface area contributed by atoms with E-state index in [-0.39, 0.29) is 18.1 Å². The van der Waals surface area contributed by atoms with Crippen molar-refractivity contribution in [3.63, 3.8) is 0 Å². The molecule has 0 bridgehead atoms. The first kappa shape index (κ1) is 25.0. The quantitative estimate of drug-likeness (QED) is 0.271. The lowest BCUT2D eigenvalue weighted by atomic mass is 10.2. The maximum absolute atomic E-state index is 12.6. The van der Waals surface area contributed by atoms with Crippen LogP contribution in [0.1, 0.15) is 87.9 Å². The molecule has 206 valence electrons. The fourth-order valence-corrected chi connectivity index (χ4v) is 7.19. The second-order valence-electron chi connectivity index (χ2n) is 12.0. The van der Waals surface area contributed by atoms with E-state index in [2.05, 4.69) is 39.2 Å².